The fourth-order valence-corrected chi connectivity index (χ4v) is 4.41. The molecule has 3 nitrogen and oxygen atoms in total. The van der Waals surface area contributed by atoms with Crippen LogP contribution in [0.4, 0.5) is 0 Å². The second-order valence-electron chi connectivity index (χ2n) is 7.85. The highest BCUT2D eigenvalue weighted by Gasteiger charge is 2.37. The lowest BCUT2D eigenvalue weighted by Gasteiger charge is -2.47. The molecular formula is C23H51N3. The van der Waals surface area contributed by atoms with Gasteiger partial charge < -0.3 is 14.7 Å². The van der Waals surface area contributed by atoms with Crippen LogP contribution in [-0.4, -0.2) is 74.6 Å². The summed E-state index contributed by atoms with van der Waals surface area (Å²) in [6, 6.07) is 0. The van der Waals surface area contributed by atoms with Crippen LogP contribution in [0.1, 0.15) is 80.1 Å². The van der Waals surface area contributed by atoms with Crippen molar-refractivity contribution in [2.75, 3.05) is 59.9 Å². The van der Waals surface area contributed by atoms with Gasteiger partial charge >= 0.3 is 0 Å². The minimum Gasteiger partial charge on any atom is -0.306 e. The minimum atomic E-state index is 0.718. The number of likely N-dealkylation sites (tertiary alicyclic amines) is 3. The molecule has 0 saturated carbocycles. The monoisotopic (exact) mass is 369 g/mol. The molecule has 0 atom stereocenters. The Morgan fingerprint density at radius 3 is 1.46 bits per heavy atom. The Morgan fingerprint density at radius 2 is 1.00 bits per heavy atom. The maximum Gasteiger partial charge on any atom is 0.00106 e. The van der Waals surface area contributed by atoms with Gasteiger partial charge in [0.15, 0.2) is 0 Å². The van der Waals surface area contributed by atoms with Crippen molar-refractivity contribution < 1.29 is 0 Å². The quantitative estimate of drug-likeness (QED) is 0.661. The third-order valence-corrected chi connectivity index (χ3v) is 6.32. The lowest BCUT2D eigenvalue weighted by Crippen LogP contribution is -2.47. The topological polar surface area (TPSA) is 9.72 Å². The maximum absolute atomic E-state index is 2.78. The average molecular weight is 370 g/mol. The van der Waals surface area contributed by atoms with E-state index in [2.05, 4.69) is 28.8 Å². The summed E-state index contributed by atoms with van der Waals surface area (Å²) in [7, 11) is 4.54. The van der Waals surface area contributed by atoms with Crippen molar-refractivity contribution in [3.63, 3.8) is 0 Å². The summed E-state index contributed by atoms with van der Waals surface area (Å²) in [6.07, 6.45) is 8.67. The molecule has 3 rings (SSSR count). The molecular weight excluding hydrogens is 318 g/mol. The maximum atomic E-state index is 2.78. The van der Waals surface area contributed by atoms with Gasteiger partial charge in [-0.15, -0.1) is 0 Å². The van der Waals surface area contributed by atoms with Crippen LogP contribution in [0.3, 0.4) is 0 Å². The Morgan fingerprint density at radius 1 is 0.615 bits per heavy atom. The largest absolute Gasteiger partial charge is 0.306 e. The molecule has 0 N–H and O–H groups in total. The first-order valence-electron chi connectivity index (χ1n) is 11.7. The van der Waals surface area contributed by atoms with Crippen molar-refractivity contribution in [3.8, 4) is 0 Å². The standard InChI is InChI=1S/C17H33N3.3C2H6/c1-18-9-3-16(4-10-18)15-20-13-7-17(8-14-20)5-11-19(2)12-6-17;3*1-2/h16H,3-15H2,1-2H3;3*1-2H3. The SMILES string of the molecule is CC.CC.CC.CN1CCC(CN2CCC3(CCN(C)CC3)CC2)CC1. The van der Waals surface area contributed by atoms with Crippen molar-refractivity contribution in [1.29, 1.82) is 0 Å². The number of rotatable bonds is 2. The van der Waals surface area contributed by atoms with E-state index in [9.17, 15) is 0 Å². The zero-order chi connectivity index (χ0) is 20.0. The van der Waals surface area contributed by atoms with Crippen LogP contribution >= 0.6 is 0 Å². The normalized spacial score (nSPS) is 24.5. The molecule has 0 aromatic carbocycles. The van der Waals surface area contributed by atoms with Gasteiger partial charge in [0, 0.05) is 6.54 Å². The van der Waals surface area contributed by atoms with Crippen LogP contribution in [0.15, 0.2) is 0 Å². The Labute approximate surface area is 166 Å². The molecule has 0 amide bonds. The summed E-state index contributed by atoms with van der Waals surface area (Å²) in [5.74, 6) is 0.970. The van der Waals surface area contributed by atoms with Crippen LogP contribution in [0.5, 0.6) is 0 Å². The van der Waals surface area contributed by atoms with E-state index in [-0.39, 0.29) is 0 Å². The molecule has 0 aromatic heterocycles. The molecule has 26 heavy (non-hydrogen) atoms. The fraction of sp³-hybridized carbons (Fsp3) is 1.00. The van der Waals surface area contributed by atoms with Crippen LogP contribution in [0.25, 0.3) is 0 Å². The predicted octanol–water partition coefficient (Wildman–Crippen LogP) is 5.21. The Hall–Kier alpha value is -0.120. The number of hydrogen-bond acceptors (Lipinski definition) is 3. The summed E-state index contributed by atoms with van der Waals surface area (Å²) in [5.41, 5.74) is 0.718. The molecule has 0 aromatic rings. The molecule has 1 spiro atoms. The first kappa shape index (κ1) is 25.9. The molecule has 3 aliphatic heterocycles. The van der Waals surface area contributed by atoms with Gasteiger partial charge in [0.1, 0.15) is 0 Å². The van der Waals surface area contributed by atoms with Gasteiger partial charge in [-0.25, -0.2) is 0 Å². The number of hydrogen-bond donors (Lipinski definition) is 0. The molecule has 3 heterocycles. The van der Waals surface area contributed by atoms with Gasteiger partial charge in [0.2, 0.25) is 0 Å². The highest BCUT2D eigenvalue weighted by Crippen LogP contribution is 2.41. The Kier molecular flexibility index (Phi) is 14.8. The van der Waals surface area contributed by atoms with Gasteiger partial charge in [-0.2, -0.15) is 0 Å². The minimum absolute atomic E-state index is 0.718. The molecule has 158 valence electrons. The molecule has 0 bridgehead atoms. The van der Waals surface area contributed by atoms with Crippen molar-refractivity contribution in [1.82, 2.24) is 14.7 Å². The summed E-state index contributed by atoms with van der Waals surface area (Å²) in [5, 5.41) is 0. The van der Waals surface area contributed by atoms with Gasteiger partial charge in [0.25, 0.3) is 0 Å². The summed E-state index contributed by atoms with van der Waals surface area (Å²) >= 11 is 0. The second-order valence-corrected chi connectivity index (χ2v) is 7.85. The van der Waals surface area contributed by atoms with Crippen molar-refractivity contribution in [2.45, 2.75) is 80.1 Å². The molecule has 0 unspecified atom stereocenters. The fourth-order valence-electron chi connectivity index (χ4n) is 4.41. The molecule has 3 heteroatoms. The summed E-state index contributed by atoms with van der Waals surface area (Å²) < 4.78 is 0. The first-order valence-corrected chi connectivity index (χ1v) is 11.7. The van der Waals surface area contributed by atoms with Gasteiger partial charge in [-0.05, 0) is 103 Å². The van der Waals surface area contributed by atoms with E-state index in [1.54, 1.807) is 0 Å². The first-order chi connectivity index (χ1) is 12.7. The van der Waals surface area contributed by atoms with E-state index in [1.807, 2.05) is 41.5 Å². The highest BCUT2D eigenvalue weighted by molar-refractivity contribution is 4.90. The molecule has 3 saturated heterocycles. The predicted molar refractivity (Wildman–Crippen MR) is 119 cm³/mol. The molecule has 0 radical (unpaired) electrons. The van der Waals surface area contributed by atoms with Crippen LogP contribution in [-0.2, 0) is 0 Å². The molecule has 3 aliphatic rings. The van der Waals surface area contributed by atoms with E-state index in [1.165, 1.54) is 84.3 Å². The van der Waals surface area contributed by atoms with Crippen molar-refractivity contribution in [3.05, 3.63) is 0 Å². The van der Waals surface area contributed by atoms with Crippen LogP contribution < -0.4 is 0 Å². The third-order valence-electron chi connectivity index (χ3n) is 6.32. The van der Waals surface area contributed by atoms with E-state index in [0.29, 0.717) is 0 Å². The van der Waals surface area contributed by atoms with E-state index in [0.717, 1.165) is 11.3 Å². The number of nitrogens with zero attached hydrogens (tertiary/aromatic N) is 3. The molecule has 3 fully saturated rings. The van der Waals surface area contributed by atoms with E-state index >= 15 is 0 Å². The zero-order valence-electron chi connectivity index (χ0n) is 19.6. The van der Waals surface area contributed by atoms with Gasteiger partial charge in [-0.3, -0.25) is 0 Å². The zero-order valence-corrected chi connectivity index (χ0v) is 19.6. The van der Waals surface area contributed by atoms with Gasteiger partial charge in [0.05, 0.1) is 0 Å². The Balaban J connectivity index is 0.000000948. The summed E-state index contributed by atoms with van der Waals surface area (Å²) in [4.78, 5) is 7.77. The van der Waals surface area contributed by atoms with Crippen LogP contribution in [0, 0.1) is 11.3 Å². The van der Waals surface area contributed by atoms with Crippen molar-refractivity contribution in [2.24, 2.45) is 11.3 Å². The lowest BCUT2D eigenvalue weighted by molar-refractivity contribution is 0.0329. The van der Waals surface area contributed by atoms with Gasteiger partial charge in [-0.1, -0.05) is 41.5 Å². The van der Waals surface area contributed by atoms with E-state index in [4.69, 9.17) is 0 Å². The van der Waals surface area contributed by atoms with E-state index < -0.39 is 0 Å². The third kappa shape index (κ3) is 8.71. The number of piperidine rings is 3. The molecule has 0 aliphatic carbocycles. The van der Waals surface area contributed by atoms with Crippen LogP contribution in [0.2, 0.25) is 0 Å². The second kappa shape index (κ2) is 14.9. The highest BCUT2D eigenvalue weighted by atomic mass is 15.2. The average Bonchev–Trinajstić information content (AvgIpc) is 2.72. The summed E-state index contributed by atoms with van der Waals surface area (Å²) in [6.45, 7) is 21.4. The smallest absolute Gasteiger partial charge is 0.00106 e. The Bertz CT molecular complexity index is 293. The van der Waals surface area contributed by atoms with Crippen molar-refractivity contribution >= 4 is 0 Å². The lowest BCUT2D eigenvalue weighted by atomic mass is 9.71.